The minimum Gasteiger partial charge on any atom is -0.497 e. The number of hydrogen-bond donors (Lipinski definition) is 0. The lowest BCUT2D eigenvalue weighted by atomic mass is 10.2. The van der Waals surface area contributed by atoms with Gasteiger partial charge in [-0.2, -0.15) is 0 Å². The molecular weight excluding hydrogens is 314 g/mol. The van der Waals surface area contributed by atoms with E-state index in [2.05, 4.69) is 22.0 Å². The molecule has 0 N–H and O–H groups in total. The molecule has 1 aliphatic heterocycles. The lowest BCUT2D eigenvalue weighted by molar-refractivity contribution is -0.130. The maximum atomic E-state index is 12.5. The number of rotatable bonds is 5. The van der Waals surface area contributed by atoms with E-state index in [1.807, 2.05) is 35.2 Å². The highest BCUT2D eigenvalue weighted by atomic mass is 16.5. The number of aryl methyl sites for hydroxylation is 1. The van der Waals surface area contributed by atoms with E-state index in [4.69, 9.17) is 4.74 Å². The zero-order valence-corrected chi connectivity index (χ0v) is 14.7. The van der Waals surface area contributed by atoms with Crippen molar-refractivity contribution in [3.8, 4) is 5.75 Å². The van der Waals surface area contributed by atoms with E-state index in [1.54, 1.807) is 13.3 Å². The van der Waals surface area contributed by atoms with Crippen LogP contribution in [-0.4, -0.2) is 49.1 Å². The van der Waals surface area contributed by atoms with Crippen LogP contribution in [0.15, 0.2) is 48.7 Å². The van der Waals surface area contributed by atoms with E-state index in [1.165, 1.54) is 5.69 Å². The summed E-state index contributed by atoms with van der Waals surface area (Å²) in [5.41, 5.74) is 2.16. The predicted octanol–water partition coefficient (Wildman–Crippen LogP) is 2.76. The second-order valence-corrected chi connectivity index (χ2v) is 6.24. The maximum absolute atomic E-state index is 12.5. The predicted molar refractivity (Wildman–Crippen MR) is 99.0 cm³/mol. The van der Waals surface area contributed by atoms with E-state index < -0.39 is 0 Å². The number of benzene rings is 1. The summed E-state index contributed by atoms with van der Waals surface area (Å²) in [6.07, 6.45) is 4.00. The third-order valence-corrected chi connectivity index (χ3v) is 4.61. The van der Waals surface area contributed by atoms with Crippen molar-refractivity contribution in [2.45, 2.75) is 19.3 Å². The smallest absolute Gasteiger partial charge is 0.223 e. The fraction of sp³-hybridized carbons (Fsp3) is 0.400. The van der Waals surface area contributed by atoms with Crippen molar-refractivity contribution in [2.75, 3.05) is 38.2 Å². The SMILES string of the molecule is COc1ccc(N2CCCN(C(=O)CCc3ccccn3)CC2)cc1. The summed E-state index contributed by atoms with van der Waals surface area (Å²) in [4.78, 5) is 21.1. The molecule has 1 fully saturated rings. The number of carbonyl (C=O) groups excluding carboxylic acids is 1. The van der Waals surface area contributed by atoms with Crippen molar-refractivity contribution in [1.82, 2.24) is 9.88 Å². The number of anilines is 1. The highest BCUT2D eigenvalue weighted by molar-refractivity contribution is 5.76. The Kier molecular flexibility index (Phi) is 5.88. The van der Waals surface area contributed by atoms with Gasteiger partial charge in [-0.25, -0.2) is 0 Å². The molecule has 2 aromatic rings. The minimum absolute atomic E-state index is 0.224. The highest BCUT2D eigenvalue weighted by Crippen LogP contribution is 2.20. The van der Waals surface area contributed by atoms with Crippen LogP contribution in [0.2, 0.25) is 0 Å². The second-order valence-electron chi connectivity index (χ2n) is 6.24. The molecule has 0 unspecified atom stereocenters. The van der Waals surface area contributed by atoms with E-state index >= 15 is 0 Å². The number of hydrogen-bond acceptors (Lipinski definition) is 4. The summed E-state index contributed by atoms with van der Waals surface area (Å²) in [6, 6.07) is 14.0. The zero-order valence-electron chi connectivity index (χ0n) is 14.7. The first-order valence-electron chi connectivity index (χ1n) is 8.83. The summed E-state index contributed by atoms with van der Waals surface area (Å²) in [6.45, 7) is 3.43. The van der Waals surface area contributed by atoms with Crippen LogP contribution >= 0.6 is 0 Å². The molecule has 1 saturated heterocycles. The van der Waals surface area contributed by atoms with Crippen LogP contribution in [0.5, 0.6) is 5.75 Å². The van der Waals surface area contributed by atoms with E-state index in [-0.39, 0.29) is 5.91 Å². The van der Waals surface area contributed by atoms with Gasteiger partial charge in [-0.1, -0.05) is 6.07 Å². The second kappa shape index (κ2) is 8.51. The van der Waals surface area contributed by atoms with Crippen LogP contribution in [-0.2, 0) is 11.2 Å². The Morgan fingerprint density at radius 2 is 1.92 bits per heavy atom. The van der Waals surface area contributed by atoms with Crippen LogP contribution in [0.3, 0.4) is 0 Å². The fourth-order valence-electron chi connectivity index (χ4n) is 3.16. The van der Waals surface area contributed by atoms with Gasteiger partial charge in [0.2, 0.25) is 5.91 Å². The molecule has 0 saturated carbocycles. The molecule has 0 aliphatic carbocycles. The van der Waals surface area contributed by atoms with Crippen LogP contribution in [0.1, 0.15) is 18.5 Å². The summed E-state index contributed by atoms with van der Waals surface area (Å²) in [5, 5.41) is 0. The quantitative estimate of drug-likeness (QED) is 0.840. The molecule has 5 heteroatoms. The third kappa shape index (κ3) is 4.72. The Morgan fingerprint density at radius 1 is 1.08 bits per heavy atom. The van der Waals surface area contributed by atoms with Gasteiger partial charge in [0.25, 0.3) is 0 Å². The molecule has 5 nitrogen and oxygen atoms in total. The van der Waals surface area contributed by atoms with Crippen LogP contribution in [0, 0.1) is 0 Å². The van der Waals surface area contributed by atoms with Gasteiger partial charge < -0.3 is 14.5 Å². The first-order chi connectivity index (χ1) is 12.3. The van der Waals surface area contributed by atoms with E-state index in [0.29, 0.717) is 12.8 Å². The van der Waals surface area contributed by atoms with Crippen molar-refractivity contribution < 1.29 is 9.53 Å². The van der Waals surface area contributed by atoms with Gasteiger partial charge in [-0.05, 0) is 49.2 Å². The molecule has 132 valence electrons. The van der Waals surface area contributed by atoms with Crippen LogP contribution in [0.4, 0.5) is 5.69 Å². The van der Waals surface area contributed by atoms with Crippen molar-refractivity contribution in [2.24, 2.45) is 0 Å². The molecule has 1 aliphatic rings. The molecule has 0 spiro atoms. The molecule has 1 aromatic heterocycles. The molecule has 1 amide bonds. The van der Waals surface area contributed by atoms with Crippen LogP contribution in [0.25, 0.3) is 0 Å². The van der Waals surface area contributed by atoms with Gasteiger partial charge in [-0.15, -0.1) is 0 Å². The molecule has 1 aromatic carbocycles. The Morgan fingerprint density at radius 3 is 2.64 bits per heavy atom. The standard InChI is InChI=1S/C20H25N3O2/c1-25-19-9-7-18(8-10-19)22-13-4-14-23(16-15-22)20(24)11-6-17-5-2-3-12-21-17/h2-3,5,7-10,12H,4,6,11,13-16H2,1H3. The minimum atomic E-state index is 0.224. The topological polar surface area (TPSA) is 45.7 Å². The number of methoxy groups -OCH3 is 1. The summed E-state index contributed by atoms with van der Waals surface area (Å²) in [5.74, 6) is 1.09. The van der Waals surface area contributed by atoms with Crippen molar-refractivity contribution in [3.05, 3.63) is 54.4 Å². The Labute approximate surface area is 149 Å². The molecule has 25 heavy (non-hydrogen) atoms. The number of ether oxygens (including phenoxy) is 1. The van der Waals surface area contributed by atoms with Crippen molar-refractivity contribution >= 4 is 11.6 Å². The molecule has 0 atom stereocenters. The summed E-state index contributed by atoms with van der Waals surface area (Å²) < 4.78 is 5.22. The normalized spacial score (nSPS) is 14.9. The molecule has 2 heterocycles. The van der Waals surface area contributed by atoms with Gasteiger partial charge in [0, 0.05) is 50.2 Å². The lowest BCUT2D eigenvalue weighted by Crippen LogP contribution is -2.35. The van der Waals surface area contributed by atoms with Gasteiger partial charge in [0.15, 0.2) is 0 Å². The largest absolute Gasteiger partial charge is 0.497 e. The van der Waals surface area contributed by atoms with Crippen LogP contribution < -0.4 is 9.64 Å². The average molecular weight is 339 g/mol. The molecular formula is C20H25N3O2. The average Bonchev–Trinajstić information content (AvgIpc) is 2.93. The Bertz CT molecular complexity index is 673. The lowest BCUT2D eigenvalue weighted by Gasteiger charge is -2.24. The summed E-state index contributed by atoms with van der Waals surface area (Å²) in [7, 11) is 1.68. The van der Waals surface area contributed by atoms with Gasteiger partial charge >= 0.3 is 0 Å². The first-order valence-corrected chi connectivity index (χ1v) is 8.83. The number of amides is 1. The highest BCUT2D eigenvalue weighted by Gasteiger charge is 2.19. The molecule has 0 bridgehead atoms. The van der Waals surface area contributed by atoms with Gasteiger partial charge in [-0.3, -0.25) is 9.78 Å². The van der Waals surface area contributed by atoms with Crippen molar-refractivity contribution in [3.63, 3.8) is 0 Å². The summed E-state index contributed by atoms with van der Waals surface area (Å²) >= 11 is 0. The zero-order chi connectivity index (χ0) is 17.5. The van der Waals surface area contributed by atoms with Gasteiger partial charge in [0.1, 0.15) is 5.75 Å². The molecule has 3 rings (SSSR count). The number of nitrogens with zero attached hydrogens (tertiary/aromatic N) is 3. The maximum Gasteiger partial charge on any atom is 0.223 e. The fourth-order valence-corrected chi connectivity index (χ4v) is 3.16. The Hall–Kier alpha value is -2.56. The number of aromatic nitrogens is 1. The Balaban J connectivity index is 1.52. The van der Waals surface area contributed by atoms with Gasteiger partial charge in [0.05, 0.1) is 7.11 Å². The monoisotopic (exact) mass is 339 g/mol. The number of pyridine rings is 1. The van der Waals surface area contributed by atoms with Crippen molar-refractivity contribution in [1.29, 1.82) is 0 Å². The first kappa shape index (κ1) is 17.3. The van der Waals surface area contributed by atoms with E-state index in [9.17, 15) is 4.79 Å². The molecule has 0 radical (unpaired) electrons. The third-order valence-electron chi connectivity index (χ3n) is 4.61. The number of carbonyl (C=O) groups is 1. The van der Waals surface area contributed by atoms with E-state index in [0.717, 1.165) is 44.0 Å².